The molecule has 0 bridgehead atoms. The van der Waals surface area contributed by atoms with Gasteiger partial charge in [0.1, 0.15) is 0 Å². The fourth-order valence-corrected chi connectivity index (χ4v) is 3.57. The van der Waals surface area contributed by atoms with Crippen LogP contribution in [0.25, 0.3) is 0 Å². The molecular formula is C15H20BrF3N2. The molecule has 0 saturated heterocycles. The zero-order chi connectivity index (χ0) is 15.5. The summed E-state index contributed by atoms with van der Waals surface area (Å²) in [4.78, 5) is 0. The van der Waals surface area contributed by atoms with Crippen LogP contribution in [-0.2, 0) is 6.18 Å². The molecule has 1 aliphatic rings. The van der Waals surface area contributed by atoms with Gasteiger partial charge in [-0.15, -0.1) is 0 Å². The first-order valence-electron chi connectivity index (χ1n) is 7.26. The molecule has 118 valence electrons. The Morgan fingerprint density at radius 3 is 2.29 bits per heavy atom. The summed E-state index contributed by atoms with van der Waals surface area (Å²) in [6, 6.07) is 4.16. The van der Waals surface area contributed by atoms with Gasteiger partial charge in [-0.1, -0.05) is 47.7 Å². The van der Waals surface area contributed by atoms with Crippen LogP contribution in [0.1, 0.15) is 55.7 Å². The molecule has 2 nitrogen and oxygen atoms in total. The first kappa shape index (κ1) is 16.8. The molecular weight excluding hydrogens is 345 g/mol. The number of hydrazine groups is 1. The maximum Gasteiger partial charge on any atom is 0.417 e. The van der Waals surface area contributed by atoms with Gasteiger partial charge in [0.15, 0.2) is 0 Å². The number of rotatable bonds is 3. The Labute approximate surface area is 131 Å². The molecule has 1 aromatic rings. The van der Waals surface area contributed by atoms with E-state index in [1.165, 1.54) is 25.0 Å². The Morgan fingerprint density at radius 1 is 1.14 bits per heavy atom. The molecule has 1 saturated carbocycles. The lowest BCUT2D eigenvalue weighted by molar-refractivity contribution is -0.138. The first-order chi connectivity index (χ1) is 9.93. The van der Waals surface area contributed by atoms with Crippen molar-refractivity contribution in [2.75, 3.05) is 0 Å². The molecule has 3 N–H and O–H groups in total. The fraction of sp³-hybridized carbons (Fsp3) is 0.600. The highest BCUT2D eigenvalue weighted by Gasteiger charge is 2.34. The van der Waals surface area contributed by atoms with Crippen molar-refractivity contribution in [1.29, 1.82) is 0 Å². The molecule has 21 heavy (non-hydrogen) atoms. The van der Waals surface area contributed by atoms with Crippen molar-refractivity contribution in [2.45, 2.75) is 50.7 Å². The number of alkyl halides is 3. The molecule has 0 amide bonds. The second kappa shape index (κ2) is 7.11. The largest absolute Gasteiger partial charge is 0.417 e. The van der Waals surface area contributed by atoms with E-state index in [0.717, 1.165) is 25.7 Å². The maximum atomic E-state index is 13.0. The summed E-state index contributed by atoms with van der Waals surface area (Å²) >= 11 is 2.97. The lowest BCUT2D eigenvalue weighted by atomic mass is 9.87. The Morgan fingerprint density at radius 2 is 1.76 bits per heavy atom. The number of hydrogen-bond donors (Lipinski definition) is 2. The van der Waals surface area contributed by atoms with Crippen LogP contribution in [0.15, 0.2) is 22.7 Å². The number of nitrogens with two attached hydrogens (primary N) is 1. The quantitative estimate of drug-likeness (QED) is 0.452. The average Bonchev–Trinajstić information content (AvgIpc) is 2.69. The fourth-order valence-electron chi connectivity index (χ4n) is 3.10. The molecule has 1 aliphatic carbocycles. The standard InChI is InChI=1S/C15H20BrF3N2/c16-13-8-7-11(9-12(13)15(17,18)19)14(21-20)10-5-3-1-2-4-6-10/h7-10,14,21H,1-6,20H2. The topological polar surface area (TPSA) is 38.0 Å². The zero-order valence-electron chi connectivity index (χ0n) is 11.7. The van der Waals surface area contributed by atoms with Crippen LogP contribution in [0.3, 0.4) is 0 Å². The van der Waals surface area contributed by atoms with Crippen LogP contribution < -0.4 is 11.3 Å². The van der Waals surface area contributed by atoms with Gasteiger partial charge in [0.2, 0.25) is 0 Å². The van der Waals surface area contributed by atoms with Gasteiger partial charge in [0, 0.05) is 10.5 Å². The predicted octanol–water partition coefficient (Wildman–Crippen LogP) is 4.94. The summed E-state index contributed by atoms with van der Waals surface area (Å²) in [6.45, 7) is 0. The van der Waals surface area contributed by atoms with Gasteiger partial charge >= 0.3 is 6.18 Å². The number of benzene rings is 1. The van der Waals surface area contributed by atoms with Crippen molar-refractivity contribution in [3.05, 3.63) is 33.8 Å². The van der Waals surface area contributed by atoms with Crippen LogP contribution in [0, 0.1) is 5.92 Å². The monoisotopic (exact) mass is 364 g/mol. The number of nitrogens with one attached hydrogen (secondary N) is 1. The molecule has 6 heteroatoms. The summed E-state index contributed by atoms with van der Waals surface area (Å²) < 4.78 is 39.1. The van der Waals surface area contributed by atoms with Crippen molar-refractivity contribution in [3.8, 4) is 0 Å². The molecule has 0 heterocycles. The Hall–Kier alpha value is -0.590. The average molecular weight is 365 g/mol. The maximum absolute atomic E-state index is 13.0. The van der Waals surface area contributed by atoms with Gasteiger partial charge in [0.25, 0.3) is 0 Å². The summed E-state index contributed by atoms with van der Waals surface area (Å²) in [5.41, 5.74) is 2.70. The van der Waals surface area contributed by atoms with Crippen molar-refractivity contribution >= 4 is 15.9 Å². The van der Waals surface area contributed by atoms with Gasteiger partial charge in [-0.3, -0.25) is 11.3 Å². The second-order valence-corrected chi connectivity index (χ2v) is 6.49. The highest BCUT2D eigenvalue weighted by Crippen LogP contribution is 2.39. The van der Waals surface area contributed by atoms with E-state index in [1.807, 2.05) is 0 Å². The first-order valence-corrected chi connectivity index (χ1v) is 8.05. The third-order valence-corrected chi connectivity index (χ3v) is 4.90. The lowest BCUT2D eigenvalue weighted by Crippen LogP contribution is -2.33. The van der Waals surface area contributed by atoms with E-state index in [9.17, 15) is 13.2 Å². The highest BCUT2D eigenvalue weighted by atomic mass is 79.9. The summed E-state index contributed by atoms with van der Waals surface area (Å²) in [6.07, 6.45) is 2.27. The van der Waals surface area contributed by atoms with Gasteiger partial charge < -0.3 is 0 Å². The van der Waals surface area contributed by atoms with Crippen LogP contribution in [0.2, 0.25) is 0 Å². The van der Waals surface area contributed by atoms with E-state index < -0.39 is 11.7 Å². The minimum absolute atomic E-state index is 0.0652. The smallest absolute Gasteiger partial charge is 0.271 e. The zero-order valence-corrected chi connectivity index (χ0v) is 13.3. The van der Waals surface area contributed by atoms with Crippen LogP contribution in [0.5, 0.6) is 0 Å². The Bertz CT molecular complexity index is 468. The lowest BCUT2D eigenvalue weighted by Gasteiger charge is -2.26. The van der Waals surface area contributed by atoms with E-state index >= 15 is 0 Å². The van der Waals surface area contributed by atoms with Crippen LogP contribution in [0.4, 0.5) is 13.2 Å². The third-order valence-electron chi connectivity index (χ3n) is 4.21. The molecule has 0 aromatic heterocycles. The normalized spacial score (nSPS) is 19.3. The summed E-state index contributed by atoms with van der Waals surface area (Å²) in [5.74, 6) is 5.93. The van der Waals surface area contributed by atoms with Crippen LogP contribution in [-0.4, -0.2) is 0 Å². The van der Waals surface area contributed by atoms with E-state index in [4.69, 9.17) is 5.84 Å². The van der Waals surface area contributed by atoms with Crippen molar-refractivity contribution < 1.29 is 13.2 Å². The minimum Gasteiger partial charge on any atom is -0.271 e. The molecule has 1 aromatic carbocycles. The molecule has 0 radical (unpaired) electrons. The number of halogens is 4. The second-order valence-electron chi connectivity index (χ2n) is 5.63. The van der Waals surface area contributed by atoms with E-state index in [1.54, 1.807) is 6.07 Å². The predicted molar refractivity (Wildman–Crippen MR) is 80.4 cm³/mol. The molecule has 0 spiro atoms. The van der Waals surface area contributed by atoms with Crippen molar-refractivity contribution in [1.82, 2.24) is 5.43 Å². The molecule has 1 atom stereocenters. The molecule has 1 fully saturated rings. The summed E-state index contributed by atoms with van der Waals surface area (Å²) in [5, 5.41) is 0. The van der Waals surface area contributed by atoms with Crippen LogP contribution >= 0.6 is 15.9 Å². The van der Waals surface area contributed by atoms with Crippen molar-refractivity contribution in [3.63, 3.8) is 0 Å². The van der Waals surface area contributed by atoms with Gasteiger partial charge in [-0.05, 0) is 36.5 Å². The third kappa shape index (κ3) is 4.20. The molecule has 1 unspecified atom stereocenters. The van der Waals surface area contributed by atoms with E-state index in [-0.39, 0.29) is 10.5 Å². The Balaban J connectivity index is 2.29. The minimum atomic E-state index is -4.36. The van der Waals surface area contributed by atoms with E-state index in [0.29, 0.717) is 11.5 Å². The Kier molecular flexibility index (Phi) is 5.68. The van der Waals surface area contributed by atoms with E-state index in [2.05, 4.69) is 21.4 Å². The van der Waals surface area contributed by atoms with Gasteiger partial charge in [-0.25, -0.2) is 0 Å². The SMILES string of the molecule is NNC(c1ccc(Br)c(C(F)(F)F)c1)C1CCCCCC1. The molecule has 0 aliphatic heterocycles. The summed E-state index contributed by atoms with van der Waals surface area (Å²) in [7, 11) is 0. The van der Waals surface area contributed by atoms with Gasteiger partial charge in [-0.2, -0.15) is 13.2 Å². The highest BCUT2D eigenvalue weighted by molar-refractivity contribution is 9.10. The number of hydrogen-bond acceptors (Lipinski definition) is 2. The van der Waals surface area contributed by atoms with Crippen molar-refractivity contribution in [2.24, 2.45) is 11.8 Å². The molecule has 2 rings (SSSR count). The van der Waals surface area contributed by atoms with Gasteiger partial charge in [0.05, 0.1) is 5.56 Å².